The zero-order valence-electron chi connectivity index (χ0n) is 23.6. The first-order chi connectivity index (χ1) is 20.3. The van der Waals surface area contributed by atoms with Crippen LogP contribution in [0.15, 0.2) is 83.4 Å². The number of carbonyl (C=O) groups is 2. The van der Waals surface area contributed by atoms with Crippen LogP contribution in [-0.4, -0.2) is 30.5 Å². The number of furan rings is 1. The van der Waals surface area contributed by atoms with Gasteiger partial charge in [-0.25, -0.2) is 4.39 Å². The second-order valence-corrected chi connectivity index (χ2v) is 10.5. The van der Waals surface area contributed by atoms with Crippen LogP contribution in [0.4, 0.5) is 4.39 Å². The lowest BCUT2D eigenvalue weighted by Crippen LogP contribution is -2.35. The number of hydrogen-bond donors (Lipinski definition) is 2. The molecular weight excluding hydrogens is 533 g/mol. The van der Waals surface area contributed by atoms with Crippen LogP contribution in [0.5, 0.6) is 5.75 Å². The van der Waals surface area contributed by atoms with Crippen molar-refractivity contribution in [3.05, 3.63) is 107 Å². The Bertz CT molecular complexity index is 1810. The molecular formula is C34H30FN3O4. The fraction of sp³-hybridized carbons (Fsp3) is 0.206. The summed E-state index contributed by atoms with van der Waals surface area (Å²) in [6, 6.07) is 20.8. The van der Waals surface area contributed by atoms with Gasteiger partial charge >= 0.3 is 0 Å². The average Bonchev–Trinajstić information content (AvgIpc) is 3.69. The summed E-state index contributed by atoms with van der Waals surface area (Å²) < 4.78 is 25.6. The highest BCUT2D eigenvalue weighted by molar-refractivity contribution is 6.12. The molecule has 2 aromatic heterocycles. The Balaban J connectivity index is 1.44. The molecule has 1 aliphatic rings. The molecule has 7 nitrogen and oxygen atoms in total. The molecule has 2 N–H and O–H groups in total. The molecule has 2 heterocycles. The summed E-state index contributed by atoms with van der Waals surface area (Å²) in [7, 11) is 1.55. The normalized spacial score (nSPS) is 13.5. The van der Waals surface area contributed by atoms with Gasteiger partial charge in [0.25, 0.3) is 11.8 Å². The maximum absolute atomic E-state index is 13.7. The van der Waals surface area contributed by atoms with Gasteiger partial charge in [0.1, 0.15) is 22.9 Å². The van der Waals surface area contributed by atoms with Gasteiger partial charge in [-0.1, -0.05) is 12.1 Å². The standard InChI is InChI=1S/C34H30FN3O4/c1-4-41-28-17-20(2)24(19-26(28)32(39)38-34(14-15-34)29-7-5-6-16-37-29)22-10-13-27-25(18-22)30(33(40)36-3)31(42-27)21-8-11-23(35)12-9-21/h5-13,16-19H,4,14-15H2,1-3H3,(H,36,40)(H,38,39). The van der Waals surface area contributed by atoms with Crippen molar-refractivity contribution in [2.24, 2.45) is 0 Å². The maximum atomic E-state index is 13.7. The highest BCUT2D eigenvalue weighted by Crippen LogP contribution is 2.45. The van der Waals surface area contributed by atoms with Crippen LogP contribution < -0.4 is 15.4 Å². The van der Waals surface area contributed by atoms with Crippen molar-refractivity contribution in [1.29, 1.82) is 0 Å². The number of aromatic nitrogens is 1. The minimum Gasteiger partial charge on any atom is -0.493 e. The van der Waals surface area contributed by atoms with Crippen LogP contribution in [0, 0.1) is 12.7 Å². The van der Waals surface area contributed by atoms with E-state index in [2.05, 4.69) is 15.6 Å². The van der Waals surface area contributed by atoms with E-state index in [1.54, 1.807) is 31.4 Å². The predicted octanol–water partition coefficient (Wildman–Crippen LogP) is 6.79. The van der Waals surface area contributed by atoms with Crippen LogP contribution in [0.1, 0.15) is 51.7 Å². The molecule has 1 fully saturated rings. The SMILES string of the molecule is CCOc1cc(C)c(-c2ccc3oc(-c4ccc(F)cc4)c(C(=O)NC)c3c2)cc1C(=O)NC1(c2ccccn2)CC1. The molecule has 0 spiro atoms. The van der Waals surface area contributed by atoms with Crippen LogP contribution >= 0.6 is 0 Å². The van der Waals surface area contributed by atoms with E-state index < -0.39 is 5.54 Å². The van der Waals surface area contributed by atoms with Gasteiger partial charge < -0.3 is 19.8 Å². The molecule has 2 amide bonds. The van der Waals surface area contributed by atoms with Crippen molar-refractivity contribution in [3.63, 3.8) is 0 Å². The number of aryl methyl sites for hydroxylation is 1. The van der Waals surface area contributed by atoms with Crippen molar-refractivity contribution >= 4 is 22.8 Å². The van der Waals surface area contributed by atoms with E-state index in [-0.39, 0.29) is 17.6 Å². The van der Waals surface area contributed by atoms with Crippen LogP contribution in [-0.2, 0) is 5.54 Å². The maximum Gasteiger partial charge on any atom is 0.255 e. The summed E-state index contributed by atoms with van der Waals surface area (Å²) >= 11 is 0. The van der Waals surface area contributed by atoms with Gasteiger partial charge in [0.2, 0.25) is 0 Å². The molecule has 8 heteroatoms. The van der Waals surface area contributed by atoms with Gasteiger partial charge in [0.15, 0.2) is 0 Å². The molecule has 0 bridgehead atoms. The lowest BCUT2D eigenvalue weighted by molar-refractivity contribution is 0.0924. The van der Waals surface area contributed by atoms with Crippen molar-refractivity contribution < 1.29 is 23.1 Å². The molecule has 212 valence electrons. The lowest BCUT2D eigenvalue weighted by Gasteiger charge is -2.20. The molecule has 6 rings (SSSR count). The molecule has 42 heavy (non-hydrogen) atoms. The lowest BCUT2D eigenvalue weighted by atomic mass is 9.94. The summed E-state index contributed by atoms with van der Waals surface area (Å²) in [6.45, 7) is 4.25. The largest absolute Gasteiger partial charge is 0.493 e. The summed E-state index contributed by atoms with van der Waals surface area (Å²) in [5.41, 5.74) is 4.77. The third-order valence-corrected chi connectivity index (χ3v) is 7.69. The Morgan fingerprint density at radius 2 is 1.76 bits per heavy atom. The third kappa shape index (κ3) is 4.89. The zero-order valence-corrected chi connectivity index (χ0v) is 23.6. The first-order valence-corrected chi connectivity index (χ1v) is 13.9. The number of nitrogens with zero attached hydrogens (tertiary/aromatic N) is 1. The Hall–Kier alpha value is -4.98. The van der Waals surface area contributed by atoms with Crippen molar-refractivity contribution in [3.8, 4) is 28.2 Å². The first kappa shape index (κ1) is 27.2. The highest BCUT2D eigenvalue weighted by Gasteiger charge is 2.47. The minimum atomic E-state index is -0.484. The molecule has 1 aliphatic carbocycles. The number of rotatable bonds is 8. The number of carbonyl (C=O) groups excluding carboxylic acids is 2. The fourth-order valence-electron chi connectivity index (χ4n) is 5.37. The molecule has 0 radical (unpaired) electrons. The number of ether oxygens (including phenoxy) is 1. The summed E-state index contributed by atoms with van der Waals surface area (Å²) in [6.07, 6.45) is 3.36. The van der Waals surface area contributed by atoms with Gasteiger partial charge in [-0.15, -0.1) is 0 Å². The Kier molecular flexibility index (Phi) is 6.98. The van der Waals surface area contributed by atoms with E-state index in [0.29, 0.717) is 45.8 Å². The van der Waals surface area contributed by atoms with E-state index in [1.807, 2.05) is 56.3 Å². The van der Waals surface area contributed by atoms with Crippen LogP contribution in [0.3, 0.4) is 0 Å². The number of pyridine rings is 1. The monoisotopic (exact) mass is 563 g/mol. The Labute approximate surface area is 242 Å². The number of fused-ring (bicyclic) bond motifs is 1. The fourth-order valence-corrected chi connectivity index (χ4v) is 5.37. The summed E-state index contributed by atoms with van der Waals surface area (Å²) in [5.74, 6) is -0.0803. The highest BCUT2D eigenvalue weighted by atomic mass is 19.1. The van der Waals surface area contributed by atoms with Gasteiger partial charge in [0, 0.05) is 24.2 Å². The van der Waals surface area contributed by atoms with Crippen molar-refractivity contribution in [1.82, 2.24) is 15.6 Å². The van der Waals surface area contributed by atoms with E-state index in [1.165, 1.54) is 12.1 Å². The third-order valence-electron chi connectivity index (χ3n) is 7.69. The molecule has 3 aromatic carbocycles. The Morgan fingerprint density at radius 1 is 1.00 bits per heavy atom. The molecule has 1 saturated carbocycles. The van der Waals surface area contributed by atoms with Gasteiger partial charge in [-0.2, -0.15) is 0 Å². The number of hydrogen-bond acceptors (Lipinski definition) is 5. The second kappa shape index (κ2) is 10.8. The van der Waals surface area contributed by atoms with Crippen molar-refractivity contribution in [2.45, 2.75) is 32.2 Å². The first-order valence-electron chi connectivity index (χ1n) is 13.9. The van der Waals surface area contributed by atoms with Gasteiger partial charge in [-0.05, 0) is 104 Å². The Morgan fingerprint density at radius 3 is 2.43 bits per heavy atom. The van der Waals surface area contributed by atoms with E-state index in [0.717, 1.165) is 35.2 Å². The topological polar surface area (TPSA) is 93.5 Å². The molecule has 0 saturated heterocycles. The second-order valence-electron chi connectivity index (χ2n) is 10.5. The van der Waals surface area contributed by atoms with E-state index >= 15 is 0 Å². The quantitative estimate of drug-likeness (QED) is 0.217. The summed E-state index contributed by atoms with van der Waals surface area (Å²) in [5, 5.41) is 6.51. The number of halogens is 1. The van der Waals surface area contributed by atoms with Crippen LogP contribution in [0.2, 0.25) is 0 Å². The number of nitrogens with one attached hydrogen (secondary N) is 2. The minimum absolute atomic E-state index is 0.239. The van der Waals surface area contributed by atoms with E-state index in [4.69, 9.17) is 9.15 Å². The number of amides is 2. The number of benzene rings is 3. The average molecular weight is 564 g/mol. The van der Waals surface area contributed by atoms with Gasteiger partial charge in [-0.3, -0.25) is 14.6 Å². The molecule has 0 unspecified atom stereocenters. The zero-order chi connectivity index (χ0) is 29.4. The predicted molar refractivity (Wildman–Crippen MR) is 159 cm³/mol. The summed E-state index contributed by atoms with van der Waals surface area (Å²) in [4.78, 5) is 31.3. The van der Waals surface area contributed by atoms with Crippen molar-refractivity contribution in [2.75, 3.05) is 13.7 Å². The molecule has 5 aromatic rings. The molecule has 0 atom stereocenters. The van der Waals surface area contributed by atoms with Gasteiger partial charge in [0.05, 0.1) is 29.0 Å². The van der Waals surface area contributed by atoms with E-state index in [9.17, 15) is 14.0 Å². The smallest absolute Gasteiger partial charge is 0.255 e. The van der Waals surface area contributed by atoms with Crippen LogP contribution in [0.25, 0.3) is 33.4 Å². The molecule has 0 aliphatic heterocycles.